The molecule has 1 fully saturated rings. The van der Waals surface area contributed by atoms with Gasteiger partial charge in [-0.2, -0.15) is 5.10 Å². The number of piperazine rings is 1. The quantitative estimate of drug-likeness (QED) is 0.365. The number of aliphatic imine (C=N–C) groups is 1. The molecule has 2 N–H and O–H groups in total. The Labute approximate surface area is 185 Å². The van der Waals surface area contributed by atoms with Crippen molar-refractivity contribution in [2.24, 2.45) is 10.9 Å². The van der Waals surface area contributed by atoms with Gasteiger partial charge < -0.3 is 10.2 Å². The maximum Gasteiger partial charge on any atom is 0.194 e. The number of guanidine groups is 1. The highest BCUT2D eigenvalue weighted by molar-refractivity contribution is 14.0. The lowest BCUT2D eigenvalue weighted by molar-refractivity contribution is 0.164. The van der Waals surface area contributed by atoms with E-state index in [1.54, 1.807) is 0 Å². The topological polar surface area (TPSA) is 72.4 Å². The van der Waals surface area contributed by atoms with Crippen LogP contribution in [0.5, 0.6) is 0 Å². The molecule has 1 aliphatic rings. The van der Waals surface area contributed by atoms with Crippen molar-refractivity contribution in [3.05, 3.63) is 36.2 Å². The van der Waals surface area contributed by atoms with Gasteiger partial charge in [-0.1, -0.05) is 32.0 Å². The van der Waals surface area contributed by atoms with Crippen LogP contribution in [0.1, 0.15) is 26.3 Å². The fourth-order valence-electron chi connectivity index (χ4n) is 3.41. The fraction of sp³-hybridized carbons (Fsp3) is 0.550. The maximum absolute atomic E-state index is 4.88. The average Bonchev–Trinajstić information content (AvgIpc) is 3.20. The van der Waals surface area contributed by atoms with Gasteiger partial charge in [0.25, 0.3) is 0 Å². The predicted molar refractivity (Wildman–Crippen MR) is 125 cm³/mol. The molecular weight excluding hydrogens is 465 g/mol. The van der Waals surface area contributed by atoms with Gasteiger partial charge in [0.05, 0.1) is 6.54 Å². The highest BCUT2D eigenvalue weighted by Gasteiger charge is 2.19. The third-order valence-corrected chi connectivity index (χ3v) is 4.66. The van der Waals surface area contributed by atoms with Crippen molar-refractivity contribution in [3.63, 3.8) is 0 Å². The van der Waals surface area contributed by atoms with E-state index in [2.05, 4.69) is 63.2 Å². The molecule has 1 aromatic heterocycles. The lowest BCUT2D eigenvalue weighted by atomic mass is 10.1. The number of aromatic nitrogens is 3. The van der Waals surface area contributed by atoms with Crippen molar-refractivity contribution in [1.82, 2.24) is 30.3 Å². The zero-order valence-corrected chi connectivity index (χ0v) is 19.4. The van der Waals surface area contributed by atoms with Crippen molar-refractivity contribution in [2.45, 2.75) is 27.3 Å². The van der Waals surface area contributed by atoms with E-state index in [1.807, 2.05) is 12.1 Å². The van der Waals surface area contributed by atoms with Crippen LogP contribution in [0.2, 0.25) is 0 Å². The summed E-state index contributed by atoms with van der Waals surface area (Å²) in [5, 5.41) is 10.3. The normalized spacial score (nSPS) is 15.6. The number of aromatic amines is 1. The minimum absolute atomic E-state index is 0. The lowest BCUT2D eigenvalue weighted by Gasteiger charge is -2.37. The van der Waals surface area contributed by atoms with Gasteiger partial charge in [-0.25, -0.2) is 9.98 Å². The highest BCUT2D eigenvalue weighted by atomic mass is 127. The van der Waals surface area contributed by atoms with Crippen LogP contribution in [0.4, 0.5) is 0 Å². The van der Waals surface area contributed by atoms with Crippen LogP contribution in [-0.4, -0.2) is 70.2 Å². The van der Waals surface area contributed by atoms with Crippen molar-refractivity contribution >= 4 is 29.9 Å². The standard InChI is InChI=1S/C20H31N7.HI/c1-4-21-20(27-10-8-26(9-11-27)14-16(2)3)22-13-17-6-5-7-18(12-17)19-23-15-24-25-19;/h5-7,12,15-16H,4,8-11,13-14H2,1-3H3,(H,21,22)(H,23,24,25);1H. The molecule has 0 spiro atoms. The molecule has 8 heteroatoms. The first-order valence-corrected chi connectivity index (χ1v) is 9.86. The summed E-state index contributed by atoms with van der Waals surface area (Å²) in [4.78, 5) is 14.0. The molecule has 0 saturated carbocycles. The van der Waals surface area contributed by atoms with Crippen LogP contribution in [-0.2, 0) is 6.54 Å². The van der Waals surface area contributed by atoms with Crippen molar-refractivity contribution in [2.75, 3.05) is 39.3 Å². The van der Waals surface area contributed by atoms with Gasteiger partial charge in [0.2, 0.25) is 0 Å². The Balaban J connectivity index is 0.00000280. The molecule has 2 aromatic rings. The van der Waals surface area contributed by atoms with Crippen LogP contribution in [0.25, 0.3) is 11.4 Å². The molecule has 154 valence electrons. The molecule has 0 atom stereocenters. The number of hydrogen-bond acceptors (Lipinski definition) is 4. The van der Waals surface area contributed by atoms with E-state index in [0.29, 0.717) is 6.54 Å². The summed E-state index contributed by atoms with van der Waals surface area (Å²) in [5.41, 5.74) is 2.20. The van der Waals surface area contributed by atoms with E-state index in [0.717, 1.165) is 61.6 Å². The van der Waals surface area contributed by atoms with Crippen LogP contribution < -0.4 is 5.32 Å². The largest absolute Gasteiger partial charge is 0.357 e. The molecule has 3 rings (SSSR count). The van der Waals surface area contributed by atoms with Crippen LogP contribution in [0.15, 0.2) is 35.6 Å². The van der Waals surface area contributed by atoms with E-state index in [1.165, 1.54) is 12.9 Å². The van der Waals surface area contributed by atoms with E-state index in [4.69, 9.17) is 4.99 Å². The molecule has 0 amide bonds. The Hall–Kier alpha value is -1.68. The molecule has 0 unspecified atom stereocenters. The summed E-state index contributed by atoms with van der Waals surface area (Å²) in [6.07, 6.45) is 1.53. The summed E-state index contributed by atoms with van der Waals surface area (Å²) >= 11 is 0. The molecule has 28 heavy (non-hydrogen) atoms. The molecule has 1 saturated heterocycles. The Morgan fingerprint density at radius 1 is 1.25 bits per heavy atom. The van der Waals surface area contributed by atoms with Crippen LogP contribution in [0.3, 0.4) is 0 Å². The number of rotatable bonds is 6. The number of benzene rings is 1. The number of nitrogens with zero attached hydrogens (tertiary/aromatic N) is 5. The Kier molecular flexibility index (Phi) is 9.17. The van der Waals surface area contributed by atoms with Gasteiger partial charge in [0.15, 0.2) is 11.8 Å². The number of halogens is 1. The second-order valence-corrected chi connectivity index (χ2v) is 7.39. The first-order valence-electron chi connectivity index (χ1n) is 9.86. The Morgan fingerprint density at radius 3 is 2.68 bits per heavy atom. The lowest BCUT2D eigenvalue weighted by Crippen LogP contribution is -2.53. The maximum atomic E-state index is 4.88. The van der Waals surface area contributed by atoms with Crippen molar-refractivity contribution in [1.29, 1.82) is 0 Å². The molecular formula is C20H32IN7. The third kappa shape index (κ3) is 6.44. The summed E-state index contributed by atoms with van der Waals surface area (Å²) in [7, 11) is 0. The monoisotopic (exact) mass is 497 g/mol. The predicted octanol–water partition coefficient (Wildman–Crippen LogP) is 2.83. The molecule has 1 aliphatic heterocycles. The number of nitrogens with one attached hydrogen (secondary N) is 2. The van der Waals surface area contributed by atoms with Gasteiger partial charge in [-0.15, -0.1) is 24.0 Å². The number of hydrogen-bond donors (Lipinski definition) is 2. The van der Waals surface area contributed by atoms with E-state index in [-0.39, 0.29) is 24.0 Å². The fourth-order valence-corrected chi connectivity index (χ4v) is 3.41. The molecule has 0 bridgehead atoms. The smallest absolute Gasteiger partial charge is 0.194 e. The van der Waals surface area contributed by atoms with Gasteiger partial charge in [-0.05, 0) is 24.5 Å². The summed E-state index contributed by atoms with van der Waals surface area (Å²) in [5.74, 6) is 2.51. The summed E-state index contributed by atoms with van der Waals surface area (Å²) in [6, 6.07) is 8.30. The molecule has 2 heterocycles. The van der Waals surface area contributed by atoms with Crippen LogP contribution >= 0.6 is 24.0 Å². The molecule has 0 aliphatic carbocycles. The van der Waals surface area contributed by atoms with Crippen molar-refractivity contribution in [3.8, 4) is 11.4 Å². The summed E-state index contributed by atoms with van der Waals surface area (Å²) < 4.78 is 0. The molecule has 7 nitrogen and oxygen atoms in total. The van der Waals surface area contributed by atoms with E-state index < -0.39 is 0 Å². The SMILES string of the molecule is CCNC(=NCc1cccc(-c2ncn[nH]2)c1)N1CCN(CC(C)C)CC1.I. The first-order chi connectivity index (χ1) is 13.2. The second-order valence-electron chi connectivity index (χ2n) is 7.39. The minimum atomic E-state index is 0. The average molecular weight is 497 g/mol. The minimum Gasteiger partial charge on any atom is -0.357 e. The Bertz CT molecular complexity index is 722. The van der Waals surface area contributed by atoms with Crippen molar-refractivity contribution < 1.29 is 0 Å². The number of H-pyrrole nitrogens is 1. The van der Waals surface area contributed by atoms with Gasteiger partial charge in [0.1, 0.15) is 6.33 Å². The van der Waals surface area contributed by atoms with Gasteiger partial charge in [0, 0.05) is 44.8 Å². The second kappa shape index (κ2) is 11.4. The summed E-state index contributed by atoms with van der Waals surface area (Å²) in [6.45, 7) is 13.6. The molecule has 0 radical (unpaired) electrons. The molecule has 1 aromatic carbocycles. The third-order valence-electron chi connectivity index (χ3n) is 4.66. The zero-order chi connectivity index (χ0) is 19.1. The zero-order valence-electron chi connectivity index (χ0n) is 17.1. The highest BCUT2D eigenvalue weighted by Crippen LogP contribution is 2.16. The van der Waals surface area contributed by atoms with E-state index >= 15 is 0 Å². The van der Waals surface area contributed by atoms with Crippen LogP contribution in [0, 0.1) is 5.92 Å². The van der Waals surface area contributed by atoms with E-state index in [9.17, 15) is 0 Å². The van der Waals surface area contributed by atoms with Gasteiger partial charge >= 0.3 is 0 Å². The first kappa shape index (κ1) is 22.6. The Morgan fingerprint density at radius 2 is 2.04 bits per heavy atom. The van der Waals surface area contributed by atoms with Gasteiger partial charge in [-0.3, -0.25) is 10.00 Å².